The lowest BCUT2D eigenvalue weighted by atomic mass is 9.88. The van der Waals surface area contributed by atoms with Crippen LogP contribution in [-0.2, 0) is 4.79 Å². The van der Waals surface area contributed by atoms with E-state index in [9.17, 15) is 18.4 Å². The number of carbonyl (C=O) groups excluding carboxylic acids is 2. The van der Waals surface area contributed by atoms with E-state index in [2.05, 4.69) is 27.3 Å². The van der Waals surface area contributed by atoms with Gasteiger partial charge in [0.1, 0.15) is 17.4 Å². The summed E-state index contributed by atoms with van der Waals surface area (Å²) in [5, 5.41) is 7.95. The number of hydrogen-bond acceptors (Lipinski definition) is 4. The lowest BCUT2D eigenvalue weighted by Gasteiger charge is -2.34. The molecule has 29 heavy (non-hydrogen) atoms. The van der Waals surface area contributed by atoms with Crippen molar-refractivity contribution in [3.8, 4) is 11.5 Å². The number of hydrogen-bond donors (Lipinski definition) is 3. The number of rotatable bonds is 6. The van der Waals surface area contributed by atoms with Gasteiger partial charge in [0.25, 0.3) is 0 Å². The maximum atomic E-state index is 13.0. The number of halogens is 2. The summed E-state index contributed by atoms with van der Waals surface area (Å²) in [5.74, 6) is -0.841. The Hall–Kier alpha value is -3.62. The van der Waals surface area contributed by atoms with Crippen LogP contribution >= 0.6 is 0 Å². The van der Waals surface area contributed by atoms with Crippen molar-refractivity contribution in [3.63, 3.8) is 0 Å². The molecule has 3 N–H and O–H groups in total. The summed E-state index contributed by atoms with van der Waals surface area (Å²) >= 11 is 0. The molecule has 9 heteroatoms. The van der Waals surface area contributed by atoms with Crippen LogP contribution in [-0.4, -0.2) is 25.7 Å². The van der Waals surface area contributed by atoms with Crippen LogP contribution in [0.1, 0.15) is 11.6 Å². The number of nitrogens with one attached hydrogen (secondary N) is 3. The third-order valence-electron chi connectivity index (χ3n) is 4.38. The molecule has 3 rings (SSSR count). The minimum atomic E-state index is -2.95. The summed E-state index contributed by atoms with van der Waals surface area (Å²) in [4.78, 5) is 24.9. The number of amides is 3. The highest BCUT2D eigenvalue weighted by Gasteiger charge is 2.38. The summed E-state index contributed by atoms with van der Waals surface area (Å²) in [6.45, 7) is 0.850. The van der Waals surface area contributed by atoms with Gasteiger partial charge in [0.05, 0.1) is 18.8 Å². The molecule has 0 aromatic heterocycles. The Balaban J connectivity index is 1.86. The van der Waals surface area contributed by atoms with Gasteiger partial charge in [-0.1, -0.05) is 30.8 Å². The average Bonchev–Trinajstić information content (AvgIpc) is 2.67. The maximum Gasteiger partial charge on any atom is 0.387 e. The molecule has 152 valence electrons. The molecular formula is C20H19F2N3O4. The number of carbonyl (C=O) groups is 2. The molecule has 7 nitrogen and oxygen atoms in total. The van der Waals surface area contributed by atoms with Crippen molar-refractivity contribution in [1.82, 2.24) is 10.6 Å². The fourth-order valence-corrected chi connectivity index (χ4v) is 3.09. The highest BCUT2D eigenvalue weighted by atomic mass is 19.3. The average molecular weight is 403 g/mol. The number of ether oxygens (including phenoxy) is 2. The normalized spacial score (nSPS) is 18.6. The number of urea groups is 1. The topological polar surface area (TPSA) is 88.7 Å². The van der Waals surface area contributed by atoms with Crippen molar-refractivity contribution in [1.29, 1.82) is 0 Å². The van der Waals surface area contributed by atoms with Gasteiger partial charge in [0.2, 0.25) is 5.91 Å². The smallest absolute Gasteiger partial charge is 0.387 e. The molecule has 3 amide bonds. The third kappa shape index (κ3) is 4.63. The highest BCUT2D eigenvalue weighted by molar-refractivity contribution is 5.98. The van der Waals surface area contributed by atoms with Crippen LogP contribution in [0.25, 0.3) is 0 Å². The molecule has 1 aliphatic rings. The Morgan fingerprint density at radius 1 is 1.17 bits per heavy atom. The predicted octanol–water partition coefficient (Wildman–Crippen LogP) is 3.42. The van der Waals surface area contributed by atoms with Crippen LogP contribution in [0.15, 0.2) is 60.8 Å². The van der Waals surface area contributed by atoms with E-state index < -0.39 is 30.5 Å². The second-order valence-corrected chi connectivity index (χ2v) is 6.22. The van der Waals surface area contributed by atoms with Gasteiger partial charge in [-0.25, -0.2) is 4.79 Å². The van der Waals surface area contributed by atoms with Gasteiger partial charge in [-0.2, -0.15) is 8.78 Å². The van der Waals surface area contributed by atoms with E-state index in [-0.39, 0.29) is 11.4 Å². The lowest BCUT2D eigenvalue weighted by molar-refractivity contribution is -0.119. The Morgan fingerprint density at radius 3 is 2.52 bits per heavy atom. The van der Waals surface area contributed by atoms with E-state index in [4.69, 9.17) is 4.74 Å². The zero-order valence-corrected chi connectivity index (χ0v) is 15.4. The fourth-order valence-electron chi connectivity index (χ4n) is 3.09. The summed E-state index contributed by atoms with van der Waals surface area (Å²) in [6.07, 6.45) is 0. The molecule has 0 radical (unpaired) electrons. The summed E-state index contributed by atoms with van der Waals surface area (Å²) in [6, 6.07) is 11.3. The molecule has 0 unspecified atom stereocenters. The molecule has 0 aliphatic carbocycles. The van der Waals surface area contributed by atoms with Crippen LogP contribution in [0.2, 0.25) is 0 Å². The SMILES string of the molecule is C=C1NC(=O)N[C@H](c2ccc(OC(F)F)cc2)[C@H]1C(=O)Nc1ccccc1OC. The fraction of sp³-hybridized carbons (Fsp3) is 0.200. The number of alkyl halides is 2. The van der Waals surface area contributed by atoms with Gasteiger partial charge >= 0.3 is 12.6 Å². The molecule has 1 aliphatic heterocycles. The molecule has 0 bridgehead atoms. The molecule has 1 fully saturated rings. The van der Waals surface area contributed by atoms with Crippen LogP contribution in [0.4, 0.5) is 19.3 Å². The molecule has 2 aromatic rings. The van der Waals surface area contributed by atoms with Crippen molar-refractivity contribution in [2.24, 2.45) is 5.92 Å². The van der Waals surface area contributed by atoms with Gasteiger partial charge in [-0.05, 0) is 29.8 Å². The lowest BCUT2D eigenvalue weighted by Crippen LogP contribution is -2.51. The Bertz CT molecular complexity index is 918. The van der Waals surface area contributed by atoms with Crippen molar-refractivity contribution in [2.75, 3.05) is 12.4 Å². The van der Waals surface area contributed by atoms with E-state index >= 15 is 0 Å². The largest absolute Gasteiger partial charge is 0.495 e. The van der Waals surface area contributed by atoms with Crippen LogP contribution in [0.3, 0.4) is 0 Å². The summed E-state index contributed by atoms with van der Waals surface area (Å²) < 4.78 is 34.3. The minimum Gasteiger partial charge on any atom is -0.495 e. The molecule has 0 saturated carbocycles. The number of methoxy groups -OCH3 is 1. The van der Waals surface area contributed by atoms with E-state index in [0.29, 0.717) is 17.0 Å². The van der Waals surface area contributed by atoms with Crippen LogP contribution in [0.5, 0.6) is 11.5 Å². The first-order chi connectivity index (χ1) is 13.9. The molecule has 0 spiro atoms. The molecular weight excluding hydrogens is 384 g/mol. The molecule has 2 aromatic carbocycles. The van der Waals surface area contributed by atoms with Gasteiger partial charge in [-0.15, -0.1) is 0 Å². The van der Waals surface area contributed by atoms with Crippen LogP contribution < -0.4 is 25.4 Å². The Labute approximate surface area is 165 Å². The molecule has 2 atom stereocenters. The first-order valence-corrected chi connectivity index (χ1v) is 8.64. The predicted molar refractivity (Wildman–Crippen MR) is 102 cm³/mol. The Kier molecular flexibility index (Phi) is 5.96. The maximum absolute atomic E-state index is 13.0. The van der Waals surface area contributed by atoms with E-state index in [1.54, 1.807) is 24.3 Å². The quantitative estimate of drug-likeness (QED) is 0.690. The zero-order chi connectivity index (χ0) is 21.0. The molecule has 1 saturated heterocycles. The Morgan fingerprint density at radius 2 is 1.86 bits per heavy atom. The summed E-state index contributed by atoms with van der Waals surface area (Å²) in [5.41, 5.74) is 1.20. The molecule has 1 heterocycles. The highest BCUT2D eigenvalue weighted by Crippen LogP contribution is 2.33. The van der Waals surface area contributed by atoms with Crippen molar-refractivity contribution < 1.29 is 27.8 Å². The van der Waals surface area contributed by atoms with Crippen molar-refractivity contribution in [2.45, 2.75) is 12.7 Å². The second kappa shape index (κ2) is 8.59. The minimum absolute atomic E-state index is 0.0298. The van der Waals surface area contributed by atoms with Crippen molar-refractivity contribution in [3.05, 3.63) is 66.4 Å². The monoisotopic (exact) mass is 403 g/mol. The van der Waals surface area contributed by atoms with E-state index in [1.165, 1.54) is 31.4 Å². The van der Waals surface area contributed by atoms with E-state index in [1.807, 2.05) is 0 Å². The number of para-hydroxylation sites is 2. The van der Waals surface area contributed by atoms with Crippen molar-refractivity contribution >= 4 is 17.6 Å². The third-order valence-corrected chi connectivity index (χ3v) is 4.38. The number of benzene rings is 2. The second-order valence-electron chi connectivity index (χ2n) is 6.22. The first kappa shape index (κ1) is 20.1. The van der Waals surface area contributed by atoms with Gasteiger partial charge < -0.3 is 25.4 Å². The number of anilines is 1. The summed E-state index contributed by atoms with van der Waals surface area (Å²) in [7, 11) is 1.48. The van der Waals surface area contributed by atoms with Gasteiger partial charge in [-0.3, -0.25) is 4.79 Å². The van der Waals surface area contributed by atoms with Gasteiger partial charge in [0, 0.05) is 5.70 Å². The zero-order valence-electron chi connectivity index (χ0n) is 15.4. The van der Waals surface area contributed by atoms with Gasteiger partial charge in [0.15, 0.2) is 0 Å². The standard InChI is InChI=1S/C20H19F2N3O4/c1-11-16(18(26)24-14-5-3-4-6-15(14)28-2)17(25-20(27)23-11)12-7-9-13(10-8-12)29-19(21)22/h3-10,16-17,19H,1H2,2H3,(H,24,26)(H2,23,25,27)/t16-,17+/m0/s1. The first-order valence-electron chi connectivity index (χ1n) is 8.64. The van der Waals surface area contributed by atoms with Crippen LogP contribution in [0, 0.1) is 5.92 Å². The van der Waals surface area contributed by atoms with E-state index in [0.717, 1.165) is 0 Å².